The largest absolute Gasteiger partial charge is 0.493 e. The van der Waals surface area contributed by atoms with E-state index in [1.165, 1.54) is 30.1 Å². The number of nitrogens with zero attached hydrogens (tertiary/aromatic N) is 1. The molecule has 0 amide bonds. The van der Waals surface area contributed by atoms with E-state index in [0.717, 1.165) is 27.5 Å². The third-order valence-corrected chi connectivity index (χ3v) is 5.83. The van der Waals surface area contributed by atoms with Crippen LogP contribution in [0, 0.1) is 5.82 Å². The van der Waals surface area contributed by atoms with Gasteiger partial charge in [-0.2, -0.15) is 0 Å². The van der Waals surface area contributed by atoms with E-state index in [0.29, 0.717) is 24.4 Å². The van der Waals surface area contributed by atoms with Gasteiger partial charge in [-0.25, -0.2) is 4.39 Å². The van der Waals surface area contributed by atoms with Crippen LogP contribution in [0.15, 0.2) is 70.7 Å². The second-order valence-corrected chi connectivity index (χ2v) is 7.96. The lowest BCUT2D eigenvalue weighted by Crippen LogP contribution is -2.21. The monoisotopic (exact) mass is 412 g/mol. The third-order valence-electron chi connectivity index (χ3n) is 4.85. The highest BCUT2D eigenvalue weighted by atomic mass is 32.2. The van der Waals surface area contributed by atoms with Gasteiger partial charge in [0, 0.05) is 34.0 Å². The third kappa shape index (κ3) is 4.70. The highest BCUT2D eigenvalue weighted by molar-refractivity contribution is 7.99. The second kappa shape index (κ2) is 8.82. The van der Waals surface area contributed by atoms with E-state index in [1.54, 1.807) is 18.3 Å². The van der Waals surface area contributed by atoms with Crippen LogP contribution in [0.3, 0.4) is 0 Å². The van der Waals surface area contributed by atoms with Gasteiger partial charge in [0.05, 0.1) is 18.5 Å². The van der Waals surface area contributed by atoms with Crippen LogP contribution in [0.2, 0.25) is 0 Å². The Labute approximate surface area is 172 Å². The molecular formula is C22H21FN2O3S. The second-order valence-electron chi connectivity index (χ2n) is 6.81. The number of rotatable bonds is 6. The summed E-state index contributed by atoms with van der Waals surface area (Å²) in [6.45, 7) is 1.23. The molecule has 0 fully saturated rings. The van der Waals surface area contributed by atoms with Crippen LogP contribution in [-0.2, 0) is 0 Å². The number of ether oxygens (including phenoxy) is 1. The van der Waals surface area contributed by atoms with Gasteiger partial charge in [-0.3, -0.25) is 4.98 Å². The van der Waals surface area contributed by atoms with Crippen molar-refractivity contribution in [2.24, 2.45) is 0 Å². The Morgan fingerprint density at radius 3 is 2.86 bits per heavy atom. The number of anilines is 1. The lowest BCUT2D eigenvalue weighted by molar-refractivity contribution is -0.0419. The van der Waals surface area contributed by atoms with Crippen LogP contribution in [0.1, 0.15) is 29.8 Å². The summed E-state index contributed by atoms with van der Waals surface area (Å²) >= 11 is 1.49. The number of hydrogen-bond donors (Lipinski definition) is 3. The van der Waals surface area contributed by atoms with Crippen molar-refractivity contribution in [2.45, 2.75) is 28.4 Å². The van der Waals surface area contributed by atoms with Gasteiger partial charge in [0.25, 0.3) is 0 Å². The number of aliphatic hydroxyl groups excluding tert-OH is 1. The summed E-state index contributed by atoms with van der Waals surface area (Å²) < 4.78 is 19.3. The molecule has 1 aromatic heterocycles. The maximum atomic E-state index is 13.4. The molecule has 0 unspecified atom stereocenters. The molecule has 0 radical (unpaired) electrons. The Kier molecular flexibility index (Phi) is 5.99. The number of pyridine rings is 1. The number of aliphatic hydroxyl groups is 2. The first-order chi connectivity index (χ1) is 14.1. The summed E-state index contributed by atoms with van der Waals surface area (Å²) in [6.07, 6.45) is 2.42. The summed E-state index contributed by atoms with van der Waals surface area (Å²) in [5.41, 5.74) is 2.10. The summed E-state index contributed by atoms with van der Waals surface area (Å²) in [7, 11) is 0. The van der Waals surface area contributed by atoms with Crippen molar-refractivity contribution in [1.82, 2.24) is 4.98 Å². The van der Waals surface area contributed by atoms with Gasteiger partial charge in [0.15, 0.2) is 6.29 Å². The molecule has 1 atom stereocenters. The number of aromatic nitrogens is 1. The van der Waals surface area contributed by atoms with Crippen molar-refractivity contribution in [1.29, 1.82) is 0 Å². The van der Waals surface area contributed by atoms with E-state index >= 15 is 0 Å². The highest BCUT2D eigenvalue weighted by Gasteiger charge is 2.22. The van der Waals surface area contributed by atoms with Crippen LogP contribution >= 0.6 is 11.8 Å². The average molecular weight is 412 g/mol. The summed E-state index contributed by atoms with van der Waals surface area (Å²) in [4.78, 5) is 5.88. The van der Waals surface area contributed by atoms with Crippen LogP contribution in [0.25, 0.3) is 0 Å². The fourth-order valence-corrected chi connectivity index (χ4v) is 4.29. The Morgan fingerprint density at radius 1 is 1.17 bits per heavy atom. The van der Waals surface area contributed by atoms with Gasteiger partial charge >= 0.3 is 0 Å². The molecule has 4 rings (SSSR count). The molecule has 0 saturated heterocycles. The first kappa shape index (κ1) is 19.7. The summed E-state index contributed by atoms with van der Waals surface area (Å²) in [5, 5.41) is 22.3. The first-order valence-corrected chi connectivity index (χ1v) is 10.2. The van der Waals surface area contributed by atoms with Gasteiger partial charge in [-0.05, 0) is 48.4 Å². The predicted molar refractivity (Wildman–Crippen MR) is 110 cm³/mol. The summed E-state index contributed by atoms with van der Waals surface area (Å²) in [6, 6.07) is 14.2. The molecule has 1 aliphatic rings. The number of hydrogen-bond acceptors (Lipinski definition) is 6. The van der Waals surface area contributed by atoms with Crippen molar-refractivity contribution in [2.75, 3.05) is 18.5 Å². The molecule has 3 aromatic rings. The molecule has 150 valence electrons. The van der Waals surface area contributed by atoms with Gasteiger partial charge in [0.1, 0.15) is 11.6 Å². The maximum absolute atomic E-state index is 13.4. The lowest BCUT2D eigenvalue weighted by atomic mass is 9.93. The van der Waals surface area contributed by atoms with Gasteiger partial charge in [0.2, 0.25) is 0 Å². The lowest BCUT2D eigenvalue weighted by Gasteiger charge is -2.27. The minimum atomic E-state index is -1.55. The molecule has 3 N–H and O–H groups in total. The zero-order chi connectivity index (χ0) is 20.2. The fraction of sp³-hybridized carbons (Fsp3) is 0.227. The van der Waals surface area contributed by atoms with Crippen molar-refractivity contribution in [3.05, 3.63) is 77.9 Å². The van der Waals surface area contributed by atoms with Crippen LogP contribution in [0.5, 0.6) is 5.75 Å². The molecule has 0 saturated carbocycles. The zero-order valence-electron chi connectivity index (χ0n) is 15.6. The van der Waals surface area contributed by atoms with E-state index in [9.17, 15) is 14.6 Å². The Bertz CT molecular complexity index is 999. The molecule has 0 spiro atoms. The number of fused-ring (bicyclic) bond motifs is 1. The molecule has 5 nitrogen and oxygen atoms in total. The molecular weight excluding hydrogens is 391 g/mol. The number of nitrogens with one attached hydrogen (secondary N) is 1. The van der Waals surface area contributed by atoms with Crippen molar-refractivity contribution in [3.63, 3.8) is 0 Å². The van der Waals surface area contributed by atoms with Crippen LogP contribution in [-0.4, -0.2) is 28.3 Å². The zero-order valence-corrected chi connectivity index (χ0v) is 16.4. The highest BCUT2D eigenvalue weighted by Crippen LogP contribution is 2.38. The predicted octanol–water partition coefficient (Wildman–Crippen LogP) is 4.33. The van der Waals surface area contributed by atoms with Crippen LogP contribution < -0.4 is 10.1 Å². The average Bonchev–Trinajstić information content (AvgIpc) is 2.72. The van der Waals surface area contributed by atoms with E-state index in [1.807, 2.05) is 24.3 Å². The topological polar surface area (TPSA) is 74.6 Å². The fourth-order valence-electron chi connectivity index (χ4n) is 3.40. The molecule has 0 aliphatic carbocycles. The minimum Gasteiger partial charge on any atom is -0.493 e. The van der Waals surface area contributed by atoms with E-state index < -0.39 is 6.29 Å². The minimum absolute atomic E-state index is 0.218. The molecule has 2 heterocycles. The van der Waals surface area contributed by atoms with Crippen molar-refractivity contribution >= 4 is 17.4 Å². The van der Waals surface area contributed by atoms with Crippen molar-refractivity contribution < 1.29 is 19.3 Å². The maximum Gasteiger partial charge on any atom is 0.180 e. The molecule has 1 aliphatic heterocycles. The molecule has 0 bridgehead atoms. The SMILES string of the molecule is OC(O)c1ccncc1NC[C@H]1CCOc2cc(Sc3cccc(F)c3)ccc21. The van der Waals surface area contributed by atoms with Gasteiger partial charge in [-0.15, -0.1) is 0 Å². The van der Waals surface area contributed by atoms with E-state index in [-0.39, 0.29) is 11.7 Å². The normalized spacial score (nSPS) is 15.7. The number of halogens is 1. The molecule has 2 aromatic carbocycles. The van der Waals surface area contributed by atoms with Gasteiger partial charge in [-0.1, -0.05) is 23.9 Å². The molecule has 29 heavy (non-hydrogen) atoms. The Morgan fingerprint density at radius 2 is 2.03 bits per heavy atom. The quantitative estimate of drug-likeness (QED) is 0.523. The standard InChI is InChI=1S/C22H21FN2O3S/c23-15-2-1-3-16(10-15)29-17-4-5-18-14(7-9-28-21(18)11-17)12-25-20-13-24-8-6-19(20)22(26)27/h1-6,8,10-11,13-14,22,25-27H,7,9,12H2/t14-/m1/s1. The first-order valence-electron chi connectivity index (χ1n) is 9.34. The summed E-state index contributed by atoms with van der Waals surface area (Å²) in [5.74, 6) is 0.798. The molecule has 7 heteroatoms. The van der Waals surface area contributed by atoms with Gasteiger partial charge < -0.3 is 20.3 Å². The van der Waals surface area contributed by atoms with E-state index in [4.69, 9.17) is 4.74 Å². The number of benzene rings is 2. The Balaban J connectivity index is 1.49. The van der Waals surface area contributed by atoms with Crippen LogP contribution in [0.4, 0.5) is 10.1 Å². The van der Waals surface area contributed by atoms with E-state index in [2.05, 4.69) is 10.3 Å². The van der Waals surface area contributed by atoms with Crippen molar-refractivity contribution in [3.8, 4) is 5.75 Å². The Hall–Kier alpha value is -2.61. The smallest absolute Gasteiger partial charge is 0.180 e.